The molecule has 0 aromatic heterocycles. The van der Waals surface area contributed by atoms with Gasteiger partial charge in [-0.05, 0) is 25.7 Å². The molecule has 0 spiro atoms. The lowest BCUT2D eigenvalue weighted by atomic mass is 10.1. The number of nitrogens with one attached hydrogen (secondary N) is 2. The number of alkyl carbamates (subject to hydrolysis) is 2. The van der Waals surface area contributed by atoms with Crippen molar-refractivity contribution in [3.8, 4) is 0 Å². The van der Waals surface area contributed by atoms with Gasteiger partial charge in [-0.1, -0.05) is 310 Å². The highest BCUT2D eigenvalue weighted by atomic mass is 16.6. The Balaban J connectivity index is 0. The first kappa shape index (κ1) is 88.3. The van der Waals surface area contributed by atoms with Crippen LogP contribution in [0.3, 0.4) is 0 Å². The topological polar surface area (TPSA) is 150 Å². The molecular formula is C74H150N2O12. The van der Waals surface area contributed by atoms with Crippen LogP contribution in [0.2, 0.25) is 0 Å². The highest BCUT2D eigenvalue weighted by molar-refractivity contribution is 5.67. The molecule has 528 valence electrons. The number of methoxy groups -OCH3 is 2. The summed E-state index contributed by atoms with van der Waals surface area (Å²) in [6.07, 6.45) is 62.7. The van der Waals surface area contributed by atoms with Gasteiger partial charge >= 0.3 is 12.2 Å². The standard InChI is InChI=1S/2C37H75NO6/c2*1-4-6-8-10-12-14-16-18-20-22-24-26-28-42-35-36(34-38-37(39)44-33-32-41-31-30-40-3)43-29-27-25-23-21-19-17-15-13-11-9-7-5-2/h2*36H,4-35H2,1-3H3,(H,38,39)/t2*36-/m00/s1. The zero-order chi connectivity index (χ0) is 64.0. The largest absolute Gasteiger partial charge is 0.447 e. The molecule has 0 rings (SSSR count). The second-order valence-electron chi connectivity index (χ2n) is 24.9. The van der Waals surface area contributed by atoms with Gasteiger partial charge in [-0.2, -0.15) is 0 Å². The second kappa shape index (κ2) is 81.3. The van der Waals surface area contributed by atoms with Crippen molar-refractivity contribution < 1.29 is 57.0 Å². The van der Waals surface area contributed by atoms with E-state index in [9.17, 15) is 9.59 Å². The van der Waals surface area contributed by atoms with Crippen molar-refractivity contribution in [3.05, 3.63) is 0 Å². The number of amides is 2. The van der Waals surface area contributed by atoms with Crippen molar-refractivity contribution in [2.24, 2.45) is 0 Å². The van der Waals surface area contributed by atoms with E-state index in [1.165, 1.54) is 283 Å². The van der Waals surface area contributed by atoms with E-state index in [0.29, 0.717) is 79.2 Å². The van der Waals surface area contributed by atoms with E-state index in [4.69, 9.17) is 47.4 Å². The van der Waals surface area contributed by atoms with Crippen LogP contribution in [-0.2, 0) is 47.4 Å². The number of carbonyl (C=O) groups excluding carboxylic acids is 2. The molecule has 2 atom stereocenters. The van der Waals surface area contributed by atoms with Crippen LogP contribution in [-0.4, -0.2) is 144 Å². The highest BCUT2D eigenvalue weighted by Gasteiger charge is 2.14. The highest BCUT2D eigenvalue weighted by Crippen LogP contribution is 2.17. The Morgan fingerprint density at radius 3 is 0.705 bits per heavy atom. The van der Waals surface area contributed by atoms with E-state index in [2.05, 4.69) is 38.3 Å². The van der Waals surface area contributed by atoms with Gasteiger partial charge in [0, 0.05) is 53.7 Å². The first-order valence-corrected chi connectivity index (χ1v) is 37.8. The molecule has 0 saturated heterocycles. The van der Waals surface area contributed by atoms with Crippen LogP contribution >= 0.6 is 0 Å². The summed E-state index contributed by atoms with van der Waals surface area (Å²) in [4.78, 5) is 24.2. The number of hydrogen-bond donors (Lipinski definition) is 2. The van der Waals surface area contributed by atoms with E-state index >= 15 is 0 Å². The summed E-state index contributed by atoms with van der Waals surface area (Å²) in [5, 5.41) is 5.67. The summed E-state index contributed by atoms with van der Waals surface area (Å²) < 4.78 is 55.2. The van der Waals surface area contributed by atoms with Gasteiger partial charge in [0.2, 0.25) is 0 Å². The van der Waals surface area contributed by atoms with Gasteiger partial charge in [-0.25, -0.2) is 9.59 Å². The Labute approximate surface area is 545 Å². The lowest BCUT2D eigenvalue weighted by Gasteiger charge is -2.19. The lowest BCUT2D eigenvalue weighted by Crippen LogP contribution is -2.37. The van der Waals surface area contributed by atoms with Crippen LogP contribution in [0.25, 0.3) is 0 Å². The van der Waals surface area contributed by atoms with E-state index in [1.54, 1.807) is 14.2 Å². The smallest absolute Gasteiger partial charge is 0.407 e. The zero-order valence-corrected chi connectivity index (χ0v) is 59.3. The van der Waals surface area contributed by atoms with Crippen LogP contribution in [0.1, 0.15) is 336 Å². The fourth-order valence-electron chi connectivity index (χ4n) is 10.6. The number of hydrogen-bond acceptors (Lipinski definition) is 12. The molecule has 0 aromatic rings. The molecule has 2 amide bonds. The van der Waals surface area contributed by atoms with Crippen LogP contribution in [0.15, 0.2) is 0 Å². The third-order valence-electron chi connectivity index (χ3n) is 16.3. The van der Waals surface area contributed by atoms with Crippen LogP contribution in [0, 0.1) is 0 Å². The SMILES string of the molecule is CCCCCCCCCCCCCCOC[C@H](CNC(=O)OCCOCCOC)OCCCCCCCCCCCCCC.CCCCCCCCCCCCCCOC[C@H](CNC(=O)OCCOCCOC)OCCCCCCCCCCCCCC. The summed E-state index contributed by atoms with van der Waals surface area (Å²) in [7, 11) is 3.26. The molecule has 0 aliphatic rings. The predicted molar refractivity (Wildman–Crippen MR) is 370 cm³/mol. The fourth-order valence-corrected chi connectivity index (χ4v) is 10.6. The van der Waals surface area contributed by atoms with Gasteiger partial charge in [0.05, 0.1) is 65.1 Å². The van der Waals surface area contributed by atoms with E-state index in [1.807, 2.05) is 0 Å². The van der Waals surface area contributed by atoms with Crippen molar-refractivity contribution in [1.82, 2.24) is 10.6 Å². The van der Waals surface area contributed by atoms with Gasteiger partial charge < -0.3 is 58.0 Å². The van der Waals surface area contributed by atoms with E-state index < -0.39 is 12.2 Å². The molecule has 88 heavy (non-hydrogen) atoms. The molecule has 0 saturated carbocycles. The monoisotopic (exact) mass is 1260 g/mol. The molecule has 0 unspecified atom stereocenters. The van der Waals surface area contributed by atoms with Crippen LogP contribution < -0.4 is 10.6 Å². The van der Waals surface area contributed by atoms with E-state index in [0.717, 1.165) is 38.9 Å². The second-order valence-corrected chi connectivity index (χ2v) is 24.9. The maximum Gasteiger partial charge on any atom is 0.407 e. The maximum atomic E-state index is 12.1. The minimum atomic E-state index is -0.444. The summed E-state index contributed by atoms with van der Waals surface area (Å²) in [6, 6.07) is 0. The van der Waals surface area contributed by atoms with Gasteiger partial charge in [-0.3, -0.25) is 0 Å². The Morgan fingerprint density at radius 2 is 0.466 bits per heavy atom. The van der Waals surface area contributed by atoms with Crippen molar-refractivity contribution in [2.75, 3.05) is 120 Å². The van der Waals surface area contributed by atoms with Crippen molar-refractivity contribution >= 4 is 12.2 Å². The van der Waals surface area contributed by atoms with Crippen molar-refractivity contribution in [2.45, 2.75) is 348 Å². The van der Waals surface area contributed by atoms with Gasteiger partial charge in [0.15, 0.2) is 0 Å². The lowest BCUT2D eigenvalue weighted by molar-refractivity contribution is -0.0180. The number of ether oxygens (including phenoxy) is 10. The third-order valence-corrected chi connectivity index (χ3v) is 16.3. The molecule has 2 N–H and O–H groups in total. The molecule has 0 radical (unpaired) electrons. The summed E-state index contributed by atoms with van der Waals surface area (Å²) in [5.74, 6) is 0. The van der Waals surface area contributed by atoms with Crippen LogP contribution in [0.4, 0.5) is 9.59 Å². The quantitative estimate of drug-likeness (QED) is 0.0558. The molecule has 0 heterocycles. The fraction of sp³-hybridized carbons (Fsp3) is 0.973. The van der Waals surface area contributed by atoms with Gasteiger partial charge in [0.25, 0.3) is 0 Å². The predicted octanol–water partition coefficient (Wildman–Crippen LogP) is 20.4. The molecule has 0 aliphatic heterocycles. The summed E-state index contributed by atoms with van der Waals surface area (Å²) >= 11 is 0. The molecule has 0 aliphatic carbocycles. The normalized spacial score (nSPS) is 12.1. The molecule has 0 fully saturated rings. The molecule has 14 heteroatoms. The molecule has 0 aromatic carbocycles. The zero-order valence-electron chi connectivity index (χ0n) is 59.3. The van der Waals surface area contributed by atoms with E-state index in [-0.39, 0.29) is 25.4 Å². The average Bonchev–Trinajstić information content (AvgIpc) is 3.53. The molecular weight excluding hydrogens is 1110 g/mol. The number of carbonyl (C=O) groups is 2. The number of unbranched alkanes of at least 4 members (excludes halogenated alkanes) is 44. The minimum Gasteiger partial charge on any atom is -0.447 e. The molecule has 0 bridgehead atoms. The number of rotatable bonds is 74. The van der Waals surface area contributed by atoms with Gasteiger partial charge in [-0.15, -0.1) is 0 Å². The van der Waals surface area contributed by atoms with Crippen LogP contribution in [0.5, 0.6) is 0 Å². The maximum absolute atomic E-state index is 12.1. The van der Waals surface area contributed by atoms with Gasteiger partial charge in [0.1, 0.15) is 13.2 Å². The summed E-state index contributed by atoms with van der Waals surface area (Å²) in [5.41, 5.74) is 0. The van der Waals surface area contributed by atoms with Crippen molar-refractivity contribution in [3.63, 3.8) is 0 Å². The molecule has 14 nitrogen and oxygen atoms in total. The Bertz CT molecular complexity index is 1190. The Morgan fingerprint density at radius 1 is 0.250 bits per heavy atom. The minimum absolute atomic E-state index is 0.162. The first-order valence-electron chi connectivity index (χ1n) is 37.8. The average molecular weight is 1260 g/mol. The first-order chi connectivity index (χ1) is 43.5. The Kier molecular flexibility index (Phi) is 81.6. The Hall–Kier alpha value is -1.78. The summed E-state index contributed by atoms with van der Waals surface area (Å²) in [6.45, 7) is 17.0. The van der Waals surface area contributed by atoms with Crippen molar-refractivity contribution in [1.29, 1.82) is 0 Å². The third kappa shape index (κ3) is 78.5.